The average Bonchev–Trinajstić information content (AvgIpc) is 2.29. The molecule has 1 rings (SSSR count). The monoisotopic (exact) mass is 238 g/mol. The summed E-state index contributed by atoms with van der Waals surface area (Å²) in [7, 11) is 2.97. The molecule has 0 atom stereocenters. The molecule has 17 heavy (non-hydrogen) atoms. The summed E-state index contributed by atoms with van der Waals surface area (Å²) >= 11 is 0. The normalized spacial score (nSPS) is 11.3. The van der Waals surface area contributed by atoms with E-state index in [4.69, 9.17) is 20.3 Å². The average molecular weight is 238 g/mol. The molecule has 1 aromatic carbocycles. The lowest BCUT2D eigenvalue weighted by Crippen LogP contribution is -2.17. The van der Waals surface area contributed by atoms with Gasteiger partial charge in [0, 0.05) is 7.11 Å². The van der Waals surface area contributed by atoms with E-state index in [1.54, 1.807) is 0 Å². The minimum Gasteiger partial charge on any atom is -0.494 e. The summed E-state index contributed by atoms with van der Waals surface area (Å²) < 4.78 is 9.88. The first kappa shape index (κ1) is 13.0. The molecule has 0 bridgehead atoms. The Labute approximate surface area is 98.7 Å². The van der Waals surface area contributed by atoms with E-state index in [0.717, 1.165) is 0 Å². The summed E-state index contributed by atoms with van der Waals surface area (Å²) in [5.41, 5.74) is 6.07. The number of methoxy groups -OCH3 is 2. The second kappa shape index (κ2) is 5.86. The van der Waals surface area contributed by atoms with Crippen LogP contribution < -0.4 is 10.5 Å². The zero-order chi connectivity index (χ0) is 12.8. The first-order valence-electron chi connectivity index (χ1n) is 4.81. The quantitative estimate of drug-likeness (QED) is 0.590. The maximum absolute atomic E-state index is 10.8. The van der Waals surface area contributed by atoms with E-state index < -0.39 is 5.97 Å². The maximum atomic E-state index is 10.8. The summed E-state index contributed by atoms with van der Waals surface area (Å²) in [4.78, 5) is 14.9. The molecule has 0 aliphatic carbocycles. The van der Waals surface area contributed by atoms with Crippen molar-refractivity contribution in [3.8, 4) is 5.75 Å². The molecule has 0 saturated heterocycles. The lowest BCUT2D eigenvalue weighted by molar-refractivity contribution is 0.0697. The van der Waals surface area contributed by atoms with E-state index in [9.17, 15) is 4.79 Å². The highest BCUT2D eigenvalue weighted by molar-refractivity contribution is 5.91. The van der Waals surface area contributed by atoms with Gasteiger partial charge >= 0.3 is 5.97 Å². The molecule has 0 saturated carbocycles. The van der Waals surface area contributed by atoms with Crippen LogP contribution in [-0.4, -0.2) is 37.7 Å². The predicted molar refractivity (Wildman–Crippen MR) is 63.1 cm³/mol. The van der Waals surface area contributed by atoms with Crippen molar-refractivity contribution < 1.29 is 19.4 Å². The molecule has 0 aliphatic rings. The number of amidine groups is 1. The SMILES string of the molecule is COCC(N)=Nc1cc(C(=O)O)ccc1OC. The van der Waals surface area contributed by atoms with Gasteiger partial charge in [0.15, 0.2) is 0 Å². The molecule has 0 aromatic heterocycles. The van der Waals surface area contributed by atoms with Crippen molar-refractivity contribution in [1.82, 2.24) is 0 Å². The number of rotatable bonds is 5. The number of carboxylic acid groups (broad SMARTS) is 1. The lowest BCUT2D eigenvalue weighted by Gasteiger charge is -2.06. The van der Waals surface area contributed by atoms with Crippen LogP contribution in [-0.2, 0) is 4.74 Å². The summed E-state index contributed by atoms with van der Waals surface area (Å²) in [6.07, 6.45) is 0. The Morgan fingerprint density at radius 1 is 1.47 bits per heavy atom. The fourth-order valence-electron chi connectivity index (χ4n) is 1.25. The van der Waals surface area contributed by atoms with Gasteiger partial charge in [-0.3, -0.25) is 0 Å². The topological polar surface area (TPSA) is 94.1 Å². The predicted octanol–water partition coefficient (Wildman–Crippen LogP) is 1.03. The van der Waals surface area contributed by atoms with Gasteiger partial charge in [-0.1, -0.05) is 0 Å². The molecule has 0 unspecified atom stereocenters. The van der Waals surface area contributed by atoms with Crippen LogP contribution >= 0.6 is 0 Å². The third-order valence-corrected chi connectivity index (χ3v) is 1.98. The third-order valence-electron chi connectivity index (χ3n) is 1.98. The smallest absolute Gasteiger partial charge is 0.335 e. The minimum absolute atomic E-state index is 0.120. The van der Waals surface area contributed by atoms with E-state index in [0.29, 0.717) is 11.4 Å². The van der Waals surface area contributed by atoms with Crippen LogP contribution in [0.4, 0.5) is 5.69 Å². The molecule has 92 valence electrons. The van der Waals surface area contributed by atoms with Gasteiger partial charge in [0.1, 0.15) is 23.9 Å². The summed E-state index contributed by atoms with van der Waals surface area (Å²) in [5, 5.41) is 8.87. The summed E-state index contributed by atoms with van der Waals surface area (Å²) in [6, 6.07) is 4.36. The summed E-state index contributed by atoms with van der Waals surface area (Å²) in [6.45, 7) is 0.167. The molecular weight excluding hydrogens is 224 g/mol. The molecular formula is C11H14N2O4. The molecule has 6 nitrogen and oxygen atoms in total. The zero-order valence-corrected chi connectivity index (χ0v) is 9.64. The van der Waals surface area contributed by atoms with Crippen molar-refractivity contribution in [2.24, 2.45) is 10.7 Å². The first-order chi connectivity index (χ1) is 8.08. The van der Waals surface area contributed by atoms with Crippen LogP contribution in [0.5, 0.6) is 5.75 Å². The lowest BCUT2D eigenvalue weighted by atomic mass is 10.2. The Morgan fingerprint density at radius 3 is 2.71 bits per heavy atom. The number of aliphatic imine (C=N–C) groups is 1. The standard InChI is InChI=1S/C11H14N2O4/c1-16-6-10(12)13-8-5-7(11(14)15)3-4-9(8)17-2/h3-5H,6H2,1-2H3,(H2,12,13)(H,14,15). The summed E-state index contributed by atoms with van der Waals surface area (Å²) in [5.74, 6) is -0.336. The van der Waals surface area contributed by atoms with Crippen LogP contribution in [0.1, 0.15) is 10.4 Å². The van der Waals surface area contributed by atoms with E-state index in [-0.39, 0.29) is 18.0 Å². The van der Waals surface area contributed by atoms with Gasteiger partial charge in [-0.25, -0.2) is 9.79 Å². The molecule has 0 amide bonds. The highest BCUT2D eigenvalue weighted by Gasteiger charge is 2.08. The number of aromatic carboxylic acids is 1. The minimum atomic E-state index is -1.03. The fourth-order valence-corrected chi connectivity index (χ4v) is 1.25. The highest BCUT2D eigenvalue weighted by atomic mass is 16.5. The molecule has 6 heteroatoms. The van der Waals surface area contributed by atoms with Gasteiger partial charge in [0.25, 0.3) is 0 Å². The van der Waals surface area contributed by atoms with Gasteiger partial charge in [-0.2, -0.15) is 0 Å². The second-order valence-electron chi connectivity index (χ2n) is 3.23. The van der Waals surface area contributed by atoms with Crippen molar-refractivity contribution in [3.05, 3.63) is 23.8 Å². The van der Waals surface area contributed by atoms with Crippen LogP contribution in [0.25, 0.3) is 0 Å². The number of nitrogens with two attached hydrogens (primary N) is 1. The van der Waals surface area contributed by atoms with Crippen molar-refractivity contribution in [3.63, 3.8) is 0 Å². The molecule has 0 fully saturated rings. The number of benzene rings is 1. The van der Waals surface area contributed by atoms with Crippen LogP contribution in [0.2, 0.25) is 0 Å². The van der Waals surface area contributed by atoms with E-state index in [2.05, 4.69) is 4.99 Å². The molecule has 1 aromatic rings. The number of nitrogens with zero attached hydrogens (tertiary/aromatic N) is 1. The van der Waals surface area contributed by atoms with Crippen molar-refractivity contribution in [1.29, 1.82) is 0 Å². The Hall–Kier alpha value is -2.08. The second-order valence-corrected chi connectivity index (χ2v) is 3.23. The number of carbonyl (C=O) groups is 1. The van der Waals surface area contributed by atoms with Crippen LogP contribution in [0.15, 0.2) is 23.2 Å². The highest BCUT2D eigenvalue weighted by Crippen LogP contribution is 2.28. The molecule has 0 radical (unpaired) electrons. The number of hydrogen-bond donors (Lipinski definition) is 2. The number of carboxylic acids is 1. The van der Waals surface area contributed by atoms with E-state index in [1.807, 2.05) is 0 Å². The Kier molecular flexibility index (Phi) is 4.47. The molecule has 3 N–H and O–H groups in total. The van der Waals surface area contributed by atoms with E-state index >= 15 is 0 Å². The Morgan fingerprint density at radius 2 is 2.18 bits per heavy atom. The number of ether oxygens (including phenoxy) is 2. The van der Waals surface area contributed by atoms with Gasteiger partial charge < -0.3 is 20.3 Å². The third kappa shape index (κ3) is 3.46. The Bertz CT molecular complexity index is 443. The van der Waals surface area contributed by atoms with Gasteiger partial charge in [-0.15, -0.1) is 0 Å². The molecule has 0 aliphatic heterocycles. The van der Waals surface area contributed by atoms with Crippen LogP contribution in [0, 0.1) is 0 Å². The number of hydrogen-bond acceptors (Lipinski definition) is 4. The fraction of sp³-hybridized carbons (Fsp3) is 0.273. The Balaban J connectivity index is 3.14. The van der Waals surface area contributed by atoms with Crippen molar-refractivity contribution >= 4 is 17.5 Å². The zero-order valence-electron chi connectivity index (χ0n) is 9.64. The van der Waals surface area contributed by atoms with E-state index in [1.165, 1.54) is 32.4 Å². The van der Waals surface area contributed by atoms with Gasteiger partial charge in [0.05, 0.1) is 12.7 Å². The van der Waals surface area contributed by atoms with Crippen molar-refractivity contribution in [2.75, 3.05) is 20.8 Å². The largest absolute Gasteiger partial charge is 0.494 e. The van der Waals surface area contributed by atoms with Crippen LogP contribution in [0.3, 0.4) is 0 Å². The van der Waals surface area contributed by atoms with Gasteiger partial charge in [0.2, 0.25) is 0 Å². The molecule has 0 heterocycles. The maximum Gasteiger partial charge on any atom is 0.335 e. The first-order valence-corrected chi connectivity index (χ1v) is 4.81. The van der Waals surface area contributed by atoms with Crippen molar-refractivity contribution in [2.45, 2.75) is 0 Å². The van der Waals surface area contributed by atoms with Gasteiger partial charge in [-0.05, 0) is 18.2 Å². The molecule has 0 spiro atoms.